The van der Waals surface area contributed by atoms with Crippen molar-refractivity contribution in [3.8, 4) is 5.75 Å². The van der Waals surface area contributed by atoms with Gasteiger partial charge < -0.3 is 19.4 Å². The quantitative estimate of drug-likeness (QED) is 0.659. The zero-order valence-electron chi connectivity index (χ0n) is 17.0. The number of hydrogen-bond acceptors (Lipinski definition) is 4. The molecule has 1 aromatic heterocycles. The fourth-order valence-electron chi connectivity index (χ4n) is 3.33. The molecule has 0 bridgehead atoms. The number of aliphatic imine (C=N–C) groups is 1. The lowest BCUT2D eigenvalue weighted by atomic mass is 9.94. The van der Waals surface area contributed by atoms with Crippen LogP contribution in [0.5, 0.6) is 5.75 Å². The van der Waals surface area contributed by atoms with E-state index in [1.807, 2.05) is 25.4 Å². The SMILES string of the molecule is CN=C(NCc1ncc(C(C)(C)C)o1)N1CCC(c2ccc(OC)cc2)C1. The number of benzene rings is 1. The van der Waals surface area contributed by atoms with E-state index in [0.717, 1.165) is 37.0 Å². The molecule has 0 saturated carbocycles. The first-order valence-corrected chi connectivity index (χ1v) is 9.45. The third kappa shape index (κ3) is 4.62. The summed E-state index contributed by atoms with van der Waals surface area (Å²) in [7, 11) is 3.51. The molecule has 146 valence electrons. The lowest BCUT2D eigenvalue weighted by molar-refractivity contribution is 0.377. The largest absolute Gasteiger partial charge is 0.497 e. The summed E-state index contributed by atoms with van der Waals surface area (Å²) >= 11 is 0. The second kappa shape index (κ2) is 8.03. The molecule has 1 aliphatic rings. The number of rotatable bonds is 4. The van der Waals surface area contributed by atoms with E-state index >= 15 is 0 Å². The van der Waals surface area contributed by atoms with Crippen molar-refractivity contribution in [1.82, 2.24) is 15.2 Å². The van der Waals surface area contributed by atoms with Crippen molar-refractivity contribution in [2.24, 2.45) is 4.99 Å². The molecule has 1 fully saturated rings. The minimum absolute atomic E-state index is 0.0343. The molecule has 2 heterocycles. The van der Waals surface area contributed by atoms with E-state index in [9.17, 15) is 0 Å². The number of hydrogen-bond donors (Lipinski definition) is 1. The van der Waals surface area contributed by atoms with Crippen LogP contribution in [-0.2, 0) is 12.0 Å². The van der Waals surface area contributed by atoms with Crippen molar-refractivity contribution in [3.63, 3.8) is 0 Å². The molecular formula is C21H30N4O2. The number of likely N-dealkylation sites (tertiary alicyclic amines) is 1. The van der Waals surface area contributed by atoms with Crippen LogP contribution in [0.3, 0.4) is 0 Å². The summed E-state index contributed by atoms with van der Waals surface area (Å²) in [6, 6.07) is 8.37. The van der Waals surface area contributed by atoms with Gasteiger partial charge in [0.25, 0.3) is 0 Å². The van der Waals surface area contributed by atoms with Crippen LogP contribution in [0.25, 0.3) is 0 Å². The highest BCUT2D eigenvalue weighted by molar-refractivity contribution is 5.80. The van der Waals surface area contributed by atoms with Crippen LogP contribution in [0.2, 0.25) is 0 Å². The van der Waals surface area contributed by atoms with Gasteiger partial charge in [0.2, 0.25) is 5.89 Å². The Morgan fingerprint density at radius 1 is 1.33 bits per heavy atom. The number of oxazole rings is 1. The van der Waals surface area contributed by atoms with Crippen molar-refractivity contribution in [3.05, 3.63) is 47.7 Å². The molecule has 0 amide bonds. The summed E-state index contributed by atoms with van der Waals surface area (Å²) in [6.07, 6.45) is 2.93. The fraction of sp³-hybridized carbons (Fsp3) is 0.524. The lowest BCUT2D eigenvalue weighted by Crippen LogP contribution is -2.39. The zero-order valence-corrected chi connectivity index (χ0v) is 17.0. The second-order valence-electron chi connectivity index (χ2n) is 7.97. The summed E-state index contributed by atoms with van der Waals surface area (Å²) in [5.41, 5.74) is 1.31. The Morgan fingerprint density at radius 2 is 2.07 bits per heavy atom. The van der Waals surface area contributed by atoms with Crippen LogP contribution in [0.4, 0.5) is 0 Å². The lowest BCUT2D eigenvalue weighted by Gasteiger charge is -2.21. The Hall–Kier alpha value is -2.50. The minimum Gasteiger partial charge on any atom is -0.497 e. The van der Waals surface area contributed by atoms with Gasteiger partial charge in [-0.05, 0) is 24.1 Å². The predicted molar refractivity (Wildman–Crippen MR) is 107 cm³/mol. The number of guanidine groups is 1. The highest BCUT2D eigenvalue weighted by Gasteiger charge is 2.26. The van der Waals surface area contributed by atoms with Gasteiger partial charge in [-0.1, -0.05) is 32.9 Å². The number of methoxy groups -OCH3 is 1. The molecule has 1 unspecified atom stereocenters. The summed E-state index contributed by atoms with van der Waals surface area (Å²) in [4.78, 5) is 11.1. The van der Waals surface area contributed by atoms with Gasteiger partial charge in [-0.2, -0.15) is 0 Å². The van der Waals surface area contributed by atoms with Crippen LogP contribution in [0.15, 0.2) is 39.9 Å². The maximum absolute atomic E-state index is 5.86. The van der Waals surface area contributed by atoms with Crippen LogP contribution in [0, 0.1) is 0 Å². The first kappa shape index (κ1) is 19.3. The number of aromatic nitrogens is 1. The van der Waals surface area contributed by atoms with Crippen LogP contribution in [0.1, 0.15) is 50.3 Å². The van der Waals surface area contributed by atoms with Gasteiger partial charge in [0.05, 0.1) is 19.9 Å². The molecule has 1 aliphatic heterocycles. The van der Waals surface area contributed by atoms with E-state index in [-0.39, 0.29) is 5.41 Å². The standard InChI is InChI=1S/C21H30N4O2/c1-21(2,3)18-12-23-19(27-18)13-24-20(22-4)25-11-10-16(14-25)15-6-8-17(26-5)9-7-15/h6-9,12,16H,10-11,13-14H2,1-5H3,(H,22,24). The van der Waals surface area contributed by atoms with Gasteiger partial charge >= 0.3 is 0 Å². The molecule has 0 radical (unpaired) electrons. The molecule has 27 heavy (non-hydrogen) atoms. The van der Waals surface area contributed by atoms with Crippen LogP contribution < -0.4 is 10.1 Å². The van der Waals surface area contributed by atoms with Gasteiger partial charge in [0, 0.05) is 31.5 Å². The number of nitrogens with zero attached hydrogens (tertiary/aromatic N) is 3. The highest BCUT2D eigenvalue weighted by atomic mass is 16.5. The van der Waals surface area contributed by atoms with Crippen molar-refractivity contribution in [1.29, 1.82) is 0 Å². The van der Waals surface area contributed by atoms with Gasteiger partial charge in [-0.25, -0.2) is 4.98 Å². The first-order valence-electron chi connectivity index (χ1n) is 9.45. The highest BCUT2D eigenvalue weighted by Crippen LogP contribution is 2.28. The molecule has 2 aromatic rings. The minimum atomic E-state index is -0.0343. The first-order chi connectivity index (χ1) is 12.9. The Kier molecular flexibility index (Phi) is 5.73. The van der Waals surface area contributed by atoms with E-state index in [2.05, 4.69) is 53.1 Å². The second-order valence-corrected chi connectivity index (χ2v) is 7.97. The van der Waals surface area contributed by atoms with E-state index in [1.165, 1.54) is 5.56 Å². The topological polar surface area (TPSA) is 62.9 Å². The Balaban J connectivity index is 1.57. The van der Waals surface area contributed by atoms with Gasteiger partial charge in [-0.3, -0.25) is 4.99 Å². The fourth-order valence-corrected chi connectivity index (χ4v) is 3.33. The molecule has 6 heteroatoms. The van der Waals surface area contributed by atoms with Crippen molar-refractivity contribution >= 4 is 5.96 Å². The molecule has 3 rings (SSSR count). The third-order valence-corrected chi connectivity index (χ3v) is 4.98. The average Bonchev–Trinajstić information content (AvgIpc) is 3.32. The predicted octanol–water partition coefficient (Wildman–Crippen LogP) is 3.55. The zero-order chi connectivity index (χ0) is 19.4. The van der Waals surface area contributed by atoms with Gasteiger partial charge in [0.1, 0.15) is 11.5 Å². The summed E-state index contributed by atoms with van der Waals surface area (Å²) < 4.78 is 11.1. The normalized spacial score (nSPS) is 18.0. The molecular weight excluding hydrogens is 340 g/mol. The van der Waals surface area contributed by atoms with Crippen LogP contribution in [-0.4, -0.2) is 43.1 Å². The molecule has 0 spiro atoms. The van der Waals surface area contributed by atoms with E-state index < -0.39 is 0 Å². The van der Waals surface area contributed by atoms with Gasteiger partial charge in [-0.15, -0.1) is 0 Å². The van der Waals surface area contributed by atoms with Gasteiger partial charge in [0.15, 0.2) is 5.96 Å². The van der Waals surface area contributed by atoms with E-state index in [0.29, 0.717) is 18.4 Å². The maximum atomic E-state index is 5.86. The monoisotopic (exact) mass is 370 g/mol. The average molecular weight is 370 g/mol. The smallest absolute Gasteiger partial charge is 0.213 e. The Morgan fingerprint density at radius 3 is 2.67 bits per heavy atom. The van der Waals surface area contributed by atoms with Crippen molar-refractivity contribution < 1.29 is 9.15 Å². The number of ether oxygens (including phenoxy) is 1. The molecule has 1 saturated heterocycles. The van der Waals surface area contributed by atoms with E-state index in [1.54, 1.807) is 7.11 Å². The number of nitrogens with one attached hydrogen (secondary N) is 1. The molecule has 1 atom stereocenters. The molecule has 1 aromatic carbocycles. The summed E-state index contributed by atoms with van der Waals surface area (Å²) in [5, 5.41) is 3.38. The molecule has 0 aliphatic carbocycles. The molecule has 6 nitrogen and oxygen atoms in total. The molecule has 1 N–H and O–H groups in total. The Bertz CT molecular complexity index is 774. The summed E-state index contributed by atoms with van der Waals surface area (Å²) in [5.74, 6) is 3.87. The van der Waals surface area contributed by atoms with Crippen LogP contribution >= 0.6 is 0 Å². The third-order valence-electron chi connectivity index (χ3n) is 4.98. The Labute approximate surface area is 161 Å². The van der Waals surface area contributed by atoms with Crippen molar-refractivity contribution in [2.75, 3.05) is 27.2 Å². The van der Waals surface area contributed by atoms with Crippen molar-refractivity contribution in [2.45, 2.75) is 45.1 Å². The summed E-state index contributed by atoms with van der Waals surface area (Å²) in [6.45, 7) is 8.82. The van der Waals surface area contributed by atoms with E-state index in [4.69, 9.17) is 9.15 Å². The maximum Gasteiger partial charge on any atom is 0.213 e.